The molecule has 0 saturated heterocycles. The number of hydrogen-bond donors (Lipinski definition) is 1. The number of amides is 1. The standard InChI is InChI=1S/C21H24ClN3O2S2/c1-13(15-7-5-14(9-22)6-8-15)19(26)25-20-24-11-18(29-20)28-12-17-23-10-16(27-17)21(2,3)4/h5-8,10-11,13H,9,12H2,1-4H3,(H,24,25,26). The van der Waals surface area contributed by atoms with Gasteiger partial charge in [-0.15, -0.1) is 23.4 Å². The molecule has 1 atom stereocenters. The molecule has 1 aromatic carbocycles. The first-order chi connectivity index (χ1) is 13.8. The Morgan fingerprint density at radius 1 is 1.24 bits per heavy atom. The van der Waals surface area contributed by atoms with E-state index in [0.717, 1.165) is 21.1 Å². The highest BCUT2D eigenvalue weighted by Crippen LogP contribution is 2.32. The predicted molar refractivity (Wildman–Crippen MR) is 120 cm³/mol. The lowest BCUT2D eigenvalue weighted by molar-refractivity contribution is -0.117. The van der Waals surface area contributed by atoms with Gasteiger partial charge in [-0.05, 0) is 18.1 Å². The van der Waals surface area contributed by atoms with Gasteiger partial charge in [0.2, 0.25) is 11.8 Å². The summed E-state index contributed by atoms with van der Waals surface area (Å²) in [5.74, 6) is 2.28. The minimum Gasteiger partial charge on any atom is -0.444 e. The number of alkyl halides is 1. The zero-order valence-electron chi connectivity index (χ0n) is 16.9. The van der Waals surface area contributed by atoms with Crippen LogP contribution in [0.2, 0.25) is 0 Å². The molecule has 2 heterocycles. The number of carbonyl (C=O) groups excluding carboxylic acids is 1. The van der Waals surface area contributed by atoms with Crippen LogP contribution in [0.4, 0.5) is 5.13 Å². The maximum atomic E-state index is 12.6. The smallest absolute Gasteiger partial charge is 0.233 e. The largest absolute Gasteiger partial charge is 0.444 e. The van der Waals surface area contributed by atoms with Gasteiger partial charge in [-0.25, -0.2) is 9.97 Å². The summed E-state index contributed by atoms with van der Waals surface area (Å²) in [7, 11) is 0. The van der Waals surface area contributed by atoms with E-state index in [4.69, 9.17) is 16.0 Å². The van der Waals surface area contributed by atoms with Crippen LogP contribution in [0.15, 0.2) is 45.3 Å². The molecule has 0 fully saturated rings. The Kier molecular flexibility index (Phi) is 7.03. The number of nitrogens with one attached hydrogen (secondary N) is 1. The van der Waals surface area contributed by atoms with Gasteiger partial charge in [0.1, 0.15) is 5.76 Å². The van der Waals surface area contributed by atoms with Gasteiger partial charge in [0.05, 0.1) is 28.3 Å². The zero-order valence-corrected chi connectivity index (χ0v) is 19.2. The van der Waals surface area contributed by atoms with Crippen molar-refractivity contribution < 1.29 is 9.21 Å². The number of hydrogen-bond acceptors (Lipinski definition) is 6. The van der Waals surface area contributed by atoms with Crippen LogP contribution < -0.4 is 5.32 Å². The Hall–Kier alpha value is -1.83. The number of oxazole rings is 1. The van der Waals surface area contributed by atoms with E-state index in [1.165, 1.54) is 11.3 Å². The van der Waals surface area contributed by atoms with Crippen molar-refractivity contribution in [2.75, 3.05) is 5.32 Å². The van der Waals surface area contributed by atoms with Crippen molar-refractivity contribution in [3.63, 3.8) is 0 Å². The molecule has 0 bridgehead atoms. The average Bonchev–Trinajstić information content (AvgIpc) is 3.35. The molecule has 5 nitrogen and oxygen atoms in total. The Labute approximate surface area is 184 Å². The molecule has 1 N–H and O–H groups in total. The van der Waals surface area contributed by atoms with Crippen LogP contribution in [0.3, 0.4) is 0 Å². The monoisotopic (exact) mass is 449 g/mol. The van der Waals surface area contributed by atoms with Gasteiger partial charge in [0.25, 0.3) is 0 Å². The van der Waals surface area contributed by atoms with E-state index in [9.17, 15) is 4.79 Å². The number of rotatable bonds is 7. The quantitative estimate of drug-likeness (QED) is 0.343. The normalized spacial score (nSPS) is 12.7. The van der Waals surface area contributed by atoms with E-state index >= 15 is 0 Å². The lowest BCUT2D eigenvalue weighted by atomic mass is 9.94. The van der Waals surface area contributed by atoms with Crippen LogP contribution in [-0.4, -0.2) is 15.9 Å². The molecule has 1 unspecified atom stereocenters. The molecule has 154 valence electrons. The minimum absolute atomic E-state index is 0.0567. The highest BCUT2D eigenvalue weighted by Gasteiger charge is 2.20. The van der Waals surface area contributed by atoms with E-state index in [1.54, 1.807) is 24.2 Å². The van der Waals surface area contributed by atoms with Crippen LogP contribution in [-0.2, 0) is 21.8 Å². The molecule has 29 heavy (non-hydrogen) atoms. The van der Waals surface area contributed by atoms with Crippen LogP contribution in [0.1, 0.15) is 56.4 Å². The summed E-state index contributed by atoms with van der Waals surface area (Å²) in [5, 5.41) is 3.49. The first kappa shape index (κ1) is 21.9. The zero-order chi connectivity index (χ0) is 21.0. The van der Waals surface area contributed by atoms with Crippen LogP contribution in [0.25, 0.3) is 0 Å². The number of nitrogens with zero attached hydrogens (tertiary/aromatic N) is 2. The number of benzene rings is 1. The number of carbonyl (C=O) groups is 1. The summed E-state index contributed by atoms with van der Waals surface area (Å²) < 4.78 is 6.81. The SMILES string of the molecule is CC(C(=O)Nc1ncc(SCc2ncc(C(C)(C)C)o2)s1)c1ccc(CCl)cc1. The van der Waals surface area contributed by atoms with Gasteiger partial charge in [-0.3, -0.25) is 4.79 Å². The Balaban J connectivity index is 1.55. The van der Waals surface area contributed by atoms with Gasteiger partial charge in [-0.1, -0.05) is 56.4 Å². The molecule has 0 aliphatic carbocycles. The third kappa shape index (κ3) is 5.84. The lowest BCUT2D eigenvalue weighted by Gasteiger charge is -2.12. The number of thioether (sulfide) groups is 1. The van der Waals surface area contributed by atoms with Crippen molar-refractivity contribution in [1.29, 1.82) is 0 Å². The summed E-state index contributed by atoms with van der Waals surface area (Å²) in [5.41, 5.74) is 1.92. The Morgan fingerprint density at radius 3 is 2.59 bits per heavy atom. The molecular formula is C21H24ClN3O2S2. The molecule has 3 aromatic rings. The summed E-state index contributed by atoms with van der Waals surface area (Å²) >= 11 is 8.85. The minimum atomic E-state index is -0.275. The number of anilines is 1. The van der Waals surface area contributed by atoms with E-state index in [0.29, 0.717) is 22.7 Å². The maximum Gasteiger partial charge on any atom is 0.233 e. The van der Waals surface area contributed by atoms with Crippen molar-refractivity contribution in [2.24, 2.45) is 0 Å². The highest BCUT2D eigenvalue weighted by atomic mass is 35.5. The van der Waals surface area contributed by atoms with E-state index in [2.05, 4.69) is 36.1 Å². The second-order valence-corrected chi connectivity index (χ2v) is 10.3. The fourth-order valence-electron chi connectivity index (χ4n) is 2.50. The van der Waals surface area contributed by atoms with Crippen molar-refractivity contribution >= 4 is 45.7 Å². The van der Waals surface area contributed by atoms with Gasteiger partial charge >= 0.3 is 0 Å². The average molecular weight is 450 g/mol. The van der Waals surface area contributed by atoms with Crippen LogP contribution in [0.5, 0.6) is 0 Å². The topological polar surface area (TPSA) is 68.0 Å². The summed E-state index contributed by atoms with van der Waals surface area (Å²) in [6.45, 7) is 8.16. The van der Waals surface area contributed by atoms with E-state index in [-0.39, 0.29) is 17.2 Å². The molecule has 0 aliphatic heterocycles. The first-order valence-corrected chi connectivity index (χ1v) is 11.6. The fourth-order valence-corrected chi connectivity index (χ4v) is 4.41. The first-order valence-electron chi connectivity index (χ1n) is 9.25. The van der Waals surface area contributed by atoms with Gasteiger partial charge in [-0.2, -0.15) is 0 Å². The van der Waals surface area contributed by atoms with Crippen LogP contribution >= 0.6 is 34.7 Å². The second kappa shape index (κ2) is 9.32. The van der Waals surface area contributed by atoms with Crippen molar-refractivity contribution in [1.82, 2.24) is 9.97 Å². The Bertz CT molecular complexity index is 961. The maximum absolute atomic E-state index is 12.6. The molecule has 0 saturated carbocycles. The molecule has 0 radical (unpaired) electrons. The van der Waals surface area contributed by atoms with Gasteiger partial charge in [0, 0.05) is 11.3 Å². The van der Waals surface area contributed by atoms with E-state index < -0.39 is 0 Å². The summed E-state index contributed by atoms with van der Waals surface area (Å²) in [6.07, 6.45) is 3.55. The third-order valence-corrected chi connectivity index (χ3v) is 6.77. The van der Waals surface area contributed by atoms with Crippen molar-refractivity contribution in [3.8, 4) is 0 Å². The van der Waals surface area contributed by atoms with Gasteiger partial charge in [0.15, 0.2) is 5.13 Å². The molecular weight excluding hydrogens is 426 g/mol. The molecule has 1 amide bonds. The molecule has 3 rings (SSSR count). The summed E-state index contributed by atoms with van der Waals surface area (Å²) in [6, 6.07) is 7.76. The molecule has 0 aliphatic rings. The molecule has 0 spiro atoms. The summed E-state index contributed by atoms with van der Waals surface area (Å²) in [4.78, 5) is 21.2. The fraction of sp³-hybridized carbons (Fsp3) is 0.381. The van der Waals surface area contributed by atoms with Gasteiger partial charge < -0.3 is 9.73 Å². The van der Waals surface area contributed by atoms with E-state index in [1.807, 2.05) is 31.2 Å². The highest BCUT2D eigenvalue weighted by molar-refractivity contribution is 8.00. The lowest BCUT2D eigenvalue weighted by Crippen LogP contribution is -2.18. The number of halogens is 1. The molecule has 8 heteroatoms. The third-order valence-electron chi connectivity index (χ3n) is 4.37. The second-order valence-electron chi connectivity index (χ2n) is 7.73. The number of aromatic nitrogens is 2. The molecule has 2 aromatic heterocycles. The number of thiazole rings is 1. The predicted octanol–water partition coefficient (Wildman–Crippen LogP) is 6.20. The van der Waals surface area contributed by atoms with Crippen molar-refractivity contribution in [3.05, 3.63) is 59.4 Å². The van der Waals surface area contributed by atoms with Crippen LogP contribution in [0, 0.1) is 0 Å². The Morgan fingerprint density at radius 2 is 1.97 bits per heavy atom. The van der Waals surface area contributed by atoms with Crippen molar-refractivity contribution in [2.45, 2.75) is 54.9 Å².